The number of aromatic amines is 1. The molecule has 1 fully saturated rings. The number of nitrogens with zero attached hydrogens (tertiary/aromatic N) is 5. The highest BCUT2D eigenvalue weighted by Crippen LogP contribution is 2.29. The van der Waals surface area contributed by atoms with E-state index in [1.807, 2.05) is 47.1 Å². The van der Waals surface area contributed by atoms with Crippen molar-refractivity contribution in [1.82, 2.24) is 30.1 Å². The summed E-state index contributed by atoms with van der Waals surface area (Å²) in [4.78, 5) is 18.5. The Bertz CT molecular complexity index is 1360. The van der Waals surface area contributed by atoms with Crippen molar-refractivity contribution in [3.63, 3.8) is 0 Å². The standard InChI is InChI=1S/C28H34N6O3/c1-3-8-26(27-30-31-32-34(27)17-20-9-5-4-6-10-20)33(19-24-11-7-14-37-24)18-22-15-21-16-23(36-2)12-13-25(21)29-28(22)35/h4-6,9-10,12-13,15-16,24,26H,3,7-8,11,14,17-19H2,1-2H3,(H,29,35)/t24-,26-/m0/s1. The lowest BCUT2D eigenvalue weighted by Crippen LogP contribution is -2.38. The molecule has 1 aliphatic heterocycles. The lowest BCUT2D eigenvalue weighted by atomic mass is 10.1. The minimum atomic E-state index is -0.0888. The number of rotatable bonds is 11. The van der Waals surface area contributed by atoms with Crippen molar-refractivity contribution in [2.75, 3.05) is 20.3 Å². The van der Waals surface area contributed by atoms with Gasteiger partial charge in [0.05, 0.1) is 25.8 Å². The Hall–Kier alpha value is -3.56. The number of hydrogen-bond acceptors (Lipinski definition) is 7. The highest BCUT2D eigenvalue weighted by molar-refractivity contribution is 5.80. The fourth-order valence-corrected chi connectivity index (χ4v) is 5.11. The number of aromatic nitrogens is 5. The first kappa shape index (κ1) is 25.1. The zero-order valence-electron chi connectivity index (χ0n) is 21.5. The van der Waals surface area contributed by atoms with Gasteiger partial charge in [0.25, 0.3) is 5.56 Å². The molecule has 9 heteroatoms. The molecule has 0 unspecified atom stereocenters. The molecule has 9 nitrogen and oxygen atoms in total. The van der Waals surface area contributed by atoms with E-state index in [0.29, 0.717) is 25.2 Å². The molecule has 0 bridgehead atoms. The molecular formula is C28H34N6O3. The number of hydrogen-bond donors (Lipinski definition) is 1. The van der Waals surface area contributed by atoms with Gasteiger partial charge in [0.1, 0.15) is 5.75 Å². The van der Waals surface area contributed by atoms with Crippen LogP contribution >= 0.6 is 0 Å². The van der Waals surface area contributed by atoms with Crippen LogP contribution in [0, 0.1) is 0 Å². The summed E-state index contributed by atoms with van der Waals surface area (Å²) in [6.07, 6.45) is 4.00. The Morgan fingerprint density at radius 2 is 2.08 bits per heavy atom. The number of methoxy groups -OCH3 is 1. The number of nitrogens with one attached hydrogen (secondary N) is 1. The van der Waals surface area contributed by atoms with Crippen LogP contribution in [-0.4, -0.2) is 56.5 Å². The van der Waals surface area contributed by atoms with Crippen LogP contribution in [0.2, 0.25) is 0 Å². The van der Waals surface area contributed by atoms with Crippen LogP contribution in [0.3, 0.4) is 0 Å². The van der Waals surface area contributed by atoms with Crippen LogP contribution in [0.15, 0.2) is 59.4 Å². The van der Waals surface area contributed by atoms with Crippen molar-refractivity contribution in [3.8, 4) is 5.75 Å². The molecular weight excluding hydrogens is 468 g/mol. The zero-order chi connectivity index (χ0) is 25.6. The van der Waals surface area contributed by atoms with Crippen LogP contribution in [0.5, 0.6) is 5.75 Å². The average molecular weight is 503 g/mol. The molecule has 4 aromatic rings. The molecule has 2 atom stereocenters. The van der Waals surface area contributed by atoms with Crippen LogP contribution in [-0.2, 0) is 17.8 Å². The molecule has 0 aliphatic carbocycles. The molecule has 1 aliphatic rings. The van der Waals surface area contributed by atoms with Crippen LogP contribution in [0.4, 0.5) is 0 Å². The van der Waals surface area contributed by atoms with Crippen LogP contribution in [0.1, 0.15) is 55.6 Å². The Labute approximate surface area is 216 Å². The lowest BCUT2D eigenvalue weighted by molar-refractivity contribution is 0.0476. The summed E-state index contributed by atoms with van der Waals surface area (Å²) in [5, 5.41) is 13.8. The summed E-state index contributed by atoms with van der Waals surface area (Å²) in [5.41, 5.74) is 2.53. The lowest BCUT2D eigenvalue weighted by Gasteiger charge is -2.32. The Balaban J connectivity index is 1.50. The summed E-state index contributed by atoms with van der Waals surface area (Å²) in [5.74, 6) is 1.56. The van der Waals surface area contributed by atoms with Crippen molar-refractivity contribution in [3.05, 3.63) is 81.9 Å². The first-order valence-corrected chi connectivity index (χ1v) is 13.0. The molecule has 5 rings (SSSR count). The van der Waals surface area contributed by atoms with Gasteiger partial charge in [-0.1, -0.05) is 43.7 Å². The molecule has 0 amide bonds. The second kappa shape index (κ2) is 11.7. The molecule has 0 spiro atoms. The maximum atomic E-state index is 13.1. The van der Waals surface area contributed by atoms with E-state index in [1.165, 1.54) is 0 Å². The SMILES string of the molecule is CCC[C@@H](c1nnnn1Cc1ccccc1)N(Cc1cc2cc(OC)ccc2[nH]c1=O)C[C@@H]1CCCO1. The number of ether oxygens (including phenoxy) is 2. The van der Waals surface area contributed by atoms with Crippen molar-refractivity contribution in [1.29, 1.82) is 0 Å². The van der Waals surface area contributed by atoms with Crippen molar-refractivity contribution in [2.45, 2.75) is 57.8 Å². The predicted octanol–water partition coefficient (Wildman–Crippen LogP) is 4.09. The summed E-state index contributed by atoms with van der Waals surface area (Å²) in [6.45, 7) is 4.70. The van der Waals surface area contributed by atoms with Gasteiger partial charge in [0, 0.05) is 36.2 Å². The molecule has 1 N–H and O–H groups in total. The van der Waals surface area contributed by atoms with Gasteiger partial charge in [0.15, 0.2) is 5.82 Å². The smallest absolute Gasteiger partial charge is 0.252 e. The van der Waals surface area contributed by atoms with E-state index in [1.54, 1.807) is 7.11 Å². The van der Waals surface area contributed by atoms with Gasteiger partial charge >= 0.3 is 0 Å². The molecule has 1 saturated heterocycles. The van der Waals surface area contributed by atoms with E-state index < -0.39 is 0 Å². The van der Waals surface area contributed by atoms with E-state index in [2.05, 4.69) is 44.5 Å². The number of tetrazole rings is 1. The van der Waals surface area contributed by atoms with Gasteiger partial charge < -0.3 is 14.5 Å². The molecule has 2 aromatic heterocycles. The first-order chi connectivity index (χ1) is 18.1. The number of fused-ring (bicyclic) bond motifs is 1. The highest BCUT2D eigenvalue weighted by Gasteiger charge is 2.30. The Morgan fingerprint density at radius 1 is 1.22 bits per heavy atom. The summed E-state index contributed by atoms with van der Waals surface area (Å²) in [7, 11) is 1.64. The van der Waals surface area contributed by atoms with Crippen molar-refractivity contribution < 1.29 is 9.47 Å². The van der Waals surface area contributed by atoms with E-state index in [0.717, 1.165) is 60.3 Å². The van der Waals surface area contributed by atoms with E-state index in [4.69, 9.17) is 9.47 Å². The average Bonchev–Trinajstić information content (AvgIpc) is 3.60. The third kappa shape index (κ3) is 5.89. The van der Waals surface area contributed by atoms with Gasteiger partial charge in [-0.3, -0.25) is 9.69 Å². The van der Waals surface area contributed by atoms with E-state index >= 15 is 0 Å². The molecule has 2 aromatic carbocycles. The Morgan fingerprint density at radius 3 is 2.84 bits per heavy atom. The second-order valence-electron chi connectivity index (χ2n) is 9.63. The van der Waals surface area contributed by atoms with Gasteiger partial charge in [-0.25, -0.2) is 4.68 Å². The van der Waals surface area contributed by atoms with Gasteiger partial charge in [-0.2, -0.15) is 0 Å². The van der Waals surface area contributed by atoms with Gasteiger partial charge in [0.2, 0.25) is 0 Å². The molecule has 0 radical (unpaired) electrons. The molecule has 3 heterocycles. The fourth-order valence-electron chi connectivity index (χ4n) is 5.11. The summed E-state index contributed by atoms with van der Waals surface area (Å²) in [6, 6.07) is 17.8. The highest BCUT2D eigenvalue weighted by atomic mass is 16.5. The predicted molar refractivity (Wildman–Crippen MR) is 142 cm³/mol. The molecule has 37 heavy (non-hydrogen) atoms. The monoisotopic (exact) mass is 502 g/mol. The van der Waals surface area contributed by atoms with Crippen LogP contribution < -0.4 is 10.3 Å². The van der Waals surface area contributed by atoms with Crippen molar-refractivity contribution in [2.24, 2.45) is 0 Å². The van der Waals surface area contributed by atoms with E-state index in [9.17, 15) is 4.79 Å². The third-order valence-corrected chi connectivity index (χ3v) is 7.00. The Kier molecular flexibility index (Phi) is 7.91. The maximum Gasteiger partial charge on any atom is 0.252 e. The summed E-state index contributed by atoms with van der Waals surface area (Å²) < 4.78 is 13.3. The molecule has 0 saturated carbocycles. The van der Waals surface area contributed by atoms with Crippen molar-refractivity contribution >= 4 is 10.9 Å². The minimum Gasteiger partial charge on any atom is -0.497 e. The van der Waals surface area contributed by atoms with Gasteiger partial charge in [-0.05, 0) is 59.5 Å². The quantitative estimate of drug-likeness (QED) is 0.330. The zero-order valence-corrected chi connectivity index (χ0v) is 21.5. The van der Waals surface area contributed by atoms with Gasteiger partial charge in [-0.15, -0.1) is 5.10 Å². The number of benzene rings is 2. The normalized spacial score (nSPS) is 16.5. The topological polar surface area (TPSA) is 98.2 Å². The number of H-pyrrole nitrogens is 1. The molecule has 194 valence electrons. The minimum absolute atomic E-state index is 0.0617. The second-order valence-corrected chi connectivity index (χ2v) is 9.63. The largest absolute Gasteiger partial charge is 0.497 e. The maximum absolute atomic E-state index is 13.1. The fraction of sp³-hybridized carbons (Fsp3) is 0.429. The van der Waals surface area contributed by atoms with Crippen LogP contribution in [0.25, 0.3) is 10.9 Å². The third-order valence-electron chi connectivity index (χ3n) is 7.00. The first-order valence-electron chi connectivity index (χ1n) is 13.0. The number of pyridine rings is 1. The summed E-state index contributed by atoms with van der Waals surface area (Å²) >= 11 is 0. The van der Waals surface area contributed by atoms with E-state index in [-0.39, 0.29) is 17.7 Å².